The summed E-state index contributed by atoms with van der Waals surface area (Å²) < 4.78 is 5.38. The van der Waals surface area contributed by atoms with Crippen molar-refractivity contribution in [3.63, 3.8) is 0 Å². The third-order valence-electron chi connectivity index (χ3n) is 3.32. The molecule has 0 aliphatic carbocycles. The minimum atomic E-state index is -0.253. The van der Waals surface area contributed by atoms with Crippen molar-refractivity contribution >= 4 is 11.6 Å². The van der Waals surface area contributed by atoms with Gasteiger partial charge in [0, 0.05) is 18.9 Å². The number of phenolic OH excluding ortho intramolecular Hbond substituents is 1. The zero-order valence-electron chi connectivity index (χ0n) is 11.0. The van der Waals surface area contributed by atoms with E-state index in [1.807, 2.05) is 12.1 Å². The Morgan fingerprint density at radius 2 is 2.15 bits per heavy atom. The minimum Gasteiger partial charge on any atom is -0.507 e. The maximum Gasteiger partial charge on any atom is 0.240 e. The van der Waals surface area contributed by atoms with E-state index in [1.165, 1.54) is 11.9 Å². The number of furan rings is 1. The number of phenols is 1. The van der Waals surface area contributed by atoms with E-state index in [-0.39, 0.29) is 17.7 Å². The highest BCUT2D eigenvalue weighted by Gasteiger charge is 2.33. The second-order valence-electron chi connectivity index (χ2n) is 4.66. The van der Waals surface area contributed by atoms with E-state index in [0.29, 0.717) is 23.5 Å². The molecule has 1 N–H and O–H groups in total. The number of nitrogens with zero attached hydrogens (tertiary/aromatic N) is 2. The molecule has 1 amide bonds. The molecule has 1 atom stereocenters. The molecule has 1 aliphatic rings. The lowest BCUT2D eigenvalue weighted by atomic mass is 10.0. The molecule has 0 spiro atoms. The Morgan fingerprint density at radius 1 is 1.35 bits per heavy atom. The van der Waals surface area contributed by atoms with E-state index >= 15 is 0 Å². The van der Waals surface area contributed by atoms with Gasteiger partial charge in [-0.1, -0.05) is 12.1 Å². The predicted molar refractivity (Wildman–Crippen MR) is 73.2 cm³/mol. The van der Waals surface area contributed by atoms with Crippen LogP contribution in [-0.4, -0.2) is 21.7 Å². The number of amides is 1. The lowest BCUT2D eigenvalue weighted by Crippen LogP contribution is -2.23. The second kappa shape index (κ2) is 4.85. The van der Waals surface area contributed by atoms with Crippen molar-refractivity contribution in [2.75, 3.05) is 0 Å². The summed E-state index contributed by atoms with van der Waals surface area (Å²) in [6.07, 6.45) is 2.09. The summed E-state index contributed by atoms with van der Waals surface area (Å²) >= 11 is 0. The van der Waals surface area contributed by atoms with Crippen molar-refractivity contribution in [3.8, 4) is 5.75 Å². The number of carbonyl (C=O) groups is 1. The van der Waals surface area contributed by atoms with E-state index in [9.17, 15) is 9.90 Å². The largest absolute Gasteiger partial charge is 0.507 e. The Kier molecular flexibility index (Phi) is 3.02. The van der Waals surface area contributed by atoms with Crippen LogP contribution in [0.3, 0.4) is 0 Å². The molecule has 0 bridgehead atoms. The Morgan fingerprint density at radius 3 is 2.80 bits per heavy atom. The van der Waals surface area contributed by atoms with Crippen molar-refractivity contribution in [1.29, 1.82) is 0 Å². The summed E-state index contributed by atoms with van der Waals surface area (Å²) in [5.41, 5.74) is 1.33. The SMILES string of the molecule is CC(=O)N1N=C(c2ccccc2O)C[C@@H]1c1ccco1. The highest BCUT2D eigenvalue weighted by atomic mass is 16.3. The smallest absolute Gasteiger partial charge is 0.240 e. The molecule has 5 nitrogen and oxygen atoms in total. The fourth-order valence-corrected chi connectivity index (χ4v) is 2.38. The highest BCUT2D eigenvalue weighted by molar-refractivity contribution is 6.04. The zero-order chi connectivity index (χ0) is 14.1. The average molecular weight is 270 g/mol. The number of hydrogen-bond acceptors (Lipinski definition) is 4. The molecular formula is C15H14N2O3. The van der Waals surface area contributed by atoms with Gasteiger partial charge < -0.3 is 9.52 Å². The number of carbonyl (C=O) groups excluding carboxylic acids is 1. The first-order chi connectivity index (χ1) is 9.66. The maximum absolute atomic E-state index is 11.7. The van der Waals surface area contributed by atoms with Crippen LogP contribution in [0.5, 0.6) is 5.75 Å². The fourth-order valence-electron chi connectivity index (χ4n) is 2.38. The summed E-state index contributed by atoms with van der Waals surface area (Å²) in [4.78, 5) is 11.7. The van der Waals surface area contributed by atoms with Crippen LogP contribution in [-0.2, 0) is 4.79 Å². The Labute approximate surface area is 116 Å². The number of hydrogen-bond donors (Lipinski definition) is 1. The standard InChI is InChI=1S/C15H14N2O3/c1-10(18)17-13(15-7-4-8-20-15)9-12(16-17)11-5-2-3-6-14(11)19/h2-8,13,19H,9H2,1H3/t13-/m1/s1. The van der Waals surface area contributed by atoms with E-state index in [0.717, 1.165) is 0 Å². The van der Waals surface area contributed by atoms with Crippen LogP contribution < -0.4 is 0 Å². The molecule has 2 aromatic rings. The maximum atomic E-state index is 11.7. The molecule has 3 rings (SSSR count). The lowest BCUT2D eigenvalue weighted by Gasteiger charge is -2.17. The Hall–Kier alpha value is -2.56. The quantitative estimate of drug-likeness (QED) is 0.912. The normalized spacial score (nSPS) is 18.1. The number of aromatic hydroxyl groups is 1. The van der Waals surface area contributed by atoms with E-state index in [2.05, 4.69) is 5.10 Å². The fraction of sp³-hybridized carbons (Fsp3) is 0.200. The van der Waals surface area contributed by atoms with Crippen LogP contribution in [0, 0.1) is 0 Å². The Bertz CT molecular complexity index is 662. The van der Waals surface area contributed by atoms with Gasteiger partial charge >= 0.3 is 0 Å². The highest BCUT2D eigenvalue weighted by Crippen LogP contribution is 2.34. The van der Waals surface area contributed by atoms with E-state index in [1.54, 1.807) is 30.5 Å². The van der Waals surface area contributed by atoms with Crippen LogP contribution in [0.4, 0.5) is 0 Å². The molecule has 5 heteroatoms. The molecule has 20 heavy (non-hydrogen) atoms. The van der Waals surface area contributed by atoms with Gasteiger partial charge in [0.1, 0.15) is 17.6 Å². The summed E-state index contributed by atoms with van der Waals surface area (Å²) in [5, 5.41) is 15.6. The molecular weight excluding hydrogens is 256 g/mol. The first-order valence-electron chi connectivity index (χ1n) is 6.36. The molecule has 0 saturated carbocycles. The number of hydrazone groups is 1. The van der Waals surface area contributed by atoms with Gasteiger partial charge in [-0.3, -0.25) is 4.79 Å². The first-order valence-corrected chi connectivity index (χ1v) is 6.36. The number of para-hydroxylation sites is 1. The minimum absolute atomic E-state index is 0.156. The number of benzene rings is 1. The third-order valence-corrected chi connectivity index (χ3v) is 3.32. The molecule has 2 heterocycles. The van der Waals surface area contributed by atoms with Crippen molar-refractivity contribution < 1.29 is 14.3 Å². The van der Waals surface area contributed by atoms with Crippen LogP contribution >= 0.6 is 0 Å². The summed E-state index contributed by atoms with van der Waals surface area (Å²) in [6.45, 7) is 1.47. The van der Waals surface area contributed by atoms with E-state index < -0.39 is 0 Å². The summed E-state index contributed by atoms with van der Waals surface area (Å²) in [6, 6.07) is 10.3. The van der Waals surface area contributed by atoms with Crippen LogP contribution in [0.2, 0.25) is 0 Å². The van der Waals surface area contributed by atoms with Gasteiger partial charge in [0.25, 0.3) is 0 Å². The molecule has 0 saturated heterocycles. The van der Waals surface area contributed by atoms with Crippen molar-refractivity contribution in [2.24, 2.45) is 5.10 Å². The predicted octanol–water partition coefficient (Wildman–Crippen LogP) is 2.68. The summed E-state index contributed by atoms with van der Waals surface area (Å²) in [5.74, 6) is 0.695. The van der Waals surface area contributed by atoms with E-state index in [4.69, 9.17) is 4.42 Å². The van der Waals surface area contributed by atoms with Gasteiger partial charge in [-0.15, -0.1) is 0 Å². The third kappa shape index (κ3) is 2.07. The Balaban J connectivity index is 1.97. The van der Waals surface area contributed by atoms with Crippen LogP contribution in [0.15, 0.2) is 52.2 Å². The van der Waals surface area contributed by atoms with Gasteiger partial charge in [0.05, 0.1) is 12.0 Å². The first kappa shape index (κ1) is 12.5. The lowest BCUT2D eigenvalue weighted by molar-refractivity contribution is -0.130. The van der Waals surface area contributed by atoms with Crippen LogP contribution in [0.1, 0.15) is 30.7 Å². The summed E-state index contributed by atoms with van der Waals surface area (Å²) in [7, 11) is 0. The molecule has 1 aromatic carbocycles. The van der Waals surface area contributed by atoms with Crippen molar-refractivity contribution in [1.82, 2.24) is 5.01 Å². The average Bonchev–Trinajstić information content (AvgIpc) is 3.08. The van der Waals surface area contributed by atoms with Gasteiger partial charge in [0.15, 0.2) is 0 Å². The molecule has 1 aromatic heterocycles. The number of rotatable bonds is 2. The zero-order valence-corrected chi connectivity index (χ0v) is 11.0. The molecule has 0 radical (unpaired) electrons. The molecule has 1 aliphatic heterocycles. The monoisotopic (exact) mass is 270 g/mol. The molecule has 0 fully saturated rings. The van der Waals surface area contributed by atoms with Crippen molar-refractivity contribution in [2.45, 2.75) is 19.4 Å². The van der Waals surface area contributed by atoms with Gasteiger partial charge in [-0.2, -0.15) is 5.10 Å². The van der Waals surface area contributed by atoms with Gasteiger partial charge in [-0.05, 0) is 24.3 Å². The molecule has 0 unspecified atom stereocenters. The van der Waals surface area contributed by atoms with Crippen molar-refractivity contribution in [3.05, 3.63) is 54.0 Å². The van der Waals surface area contributed by atoms with Crippen LogP contribution in [0.25, 0.3) is 0 Å². The second-order valence-corrected chi connectivity index (χ2v) is 4.66. The van der Waals surface area contributed by atoms with Gasteiger partial charge in [-0.25, -0.2) is 5.01 Å². The molecule has 102 valence electrons. The van der Waals surface area contributed by atoms with Gasteiger partial charge in [0.2, 0.25) is 5.91 Å². The topological polar surface area (TPSA) is 66.0 Å².